The van der Waals surface area contributed by atoms with Crippen LogP contribution in [0.25, 0.3) is 5.78 Å². The summed E-state index contributed by atoms with van der Waals surface area (Å²) in [5.41, 5.74) is 0.465. The largest absolute Gasteiger partial charge is 0.350 e. The molecule has 26 heavy (non-hydrogen) atoms. The molecule has 0 aliphatic heterocycles. The van der Waals surface area contributed by atoms with Crippen LogP contribution in [0.4, 0.5) is 5.69 Å². The summed E-state index contributed by atoms with van der Waals surface area (Å²) >= 11 is 0. The molecule has 136 valence electrons. The Labute approximate surface area is 149 Å². The van der Waals surface area contributed by atoms with E-state index in [-0.39, 0.29) is 17.4 Å². The first-order valence-electron chi connectivity index (χ1n) is 8.32. The van der Waals surface area contributed by atoms with Gasteiger partial charge in [-0.05, 0) is 18.9 Å². The molecule has 3 aromatic rings. The molecule has 10 nitrogen and oxygen atoms in total. The fraction of sp³-hybridized carbons (Fsp3) is 0.375. The summed E-state index contributed by atoms with van der Waals surface area (Å²) in [6.07, 6.45) is 4.82. The molecule has 2 N–H and O–H groups in total. The van der Waals surface area contributed by atoms with Gasteiger partial charge in [0.2, 0.25) is 5.82 Å². The Morgan fingerprint density at radius 2 is 2.04 bits per heavy atom. The van der Waals surface area contributed by atoms with E-state index in [9.17, 15) is 9.59 Å². The molecule has 3 rings (SSSR count). The van der Waals surface area contributed by atoms with Gasteiger partial charge in [-0.15, -0.1) is 5.10 Å². The molecule has 0 saturated heterocycles. The molecular weight excluding hydrogens is 336 g/mol. The van der Waals surface area contributed by atoms with Gasteiger partial charge in [-0.1, -0.05) is 13.8 Å². The van der Waals surface area contributed by atoms with Crippen molar-refractivity contribution >= 4 is 23.3 Å². The summed E-state index contributed by atoms with van der Waals surface area (Å²) in [6, 6.07) is 1.69. The predicted molar refractivity (Wildman–Crippen MR) is 93.8 cm³/mol. The summed E-state index contributed by atoms with van der Waals surface area (Å²) in [6.45, 7) is 6.97. The van der Waals surface area contributed by atoms with E-state index in [4.69, 9.17) is 0 Å². The van der Waals surface area contributed by atoms with Crippen molar-refractivity contribution in [3.8, 4) is 0 Å². The normalized spacial score (nSPS) is 11.1. The minimum absolute atomic E-state index is 0.0403. The summed E-state index contributed by atoms with van der Waals surface area (Å²) < 4.78 is 2.99. The van der Waals surface area contributed by atoms with Crippen molar-refractivity contribution in [2.75, 3.05) is 11.9 Å². The zero-order valence-corrected chi connectivity index (χ0v) is 14.8. The van der Waals surface area contributed by atoms with Crippen molar-refractivity contribution in [1.29, 1.82) is 0 Å². The van der Waals surface area contributed by atoms with Crippen LogP contribution in [0.2, 0.25) is 0 Å². The van der Waals surface area contributed by atoms with Gasteiger partial charge in [-0.3, -0.25) is 14.3 Å². The highest BCUT2D eigenvalue weighted by Crippen LogP contribution is 2.15. The molecular formula is C16H20N8O2. The molecule has 0 spiro atoms. The van der Waals surface area contributed by atoms with Crippen LogP contribution in [-0.4, -0.2) is 47.7 Å². The summed E-state index contributed by atoms with van der Waals surface area (Å²) in [4.78, 5) is 32.9. The lowest BCUT2D eigenvalue weighted by Gasteiger charge is -2.07. The fourth-order valence-electron chi connectivity index (χ4n) is 2.23. The number of nitrogens with zero attached hydrogens (tertiary/aromatic N) is 6. The molecule has 0 saturated carbocycles. The summed E-state index contributed by atoms with van der Waals surface area (Å²) in [5, 5.41) is 13.8. The molecule has 0 radical (unpaired) electrons. The number of fused-ring (bicyclic) bond motifs is 1. The first kappa shape index (κ1) is 17.5. The third-order valence-corrected chi connectivity index (χ3v) is 3.54. The number of hydrogen-bond acceptors (Lipinski definition) is 6. The lowest BCUT2D eigenvalue weighted by atomic mass is 10.2. The van der Waals surface area contributed by atoms with Crippen LogP contribution in [-0.2, 0) is 6.54 Å². The number of carbonyl (C=O) groups is 2. The molecule has 0 aromatic carbocycles. The zero-order chi connectivity index (χ0) is 18.7. The van der Waals surface area contributed by atoms with Gasteiger partial charge in [-0.25, -0.2) is 9.50 Å². The van der Waals surface area contributed by atoms with E-state index in [0.717, 1.165) is 0 Å². The van der Waals surface area contributed by atoms with Crippen molar-refractivity contribution < 1.29 is 9.59 Å². The molecule has 0 fully saturated rings. The van der Waals surface area contributed by atoms with E-state index in [1.807, 2.05) is 20.8 Å². The quantitative estimate of drug-likeness (QED) is 0.679. The van der Waals surface area contributed by atoms with E-state index in [0.29, 0.717) is 30.5 Å². The smallest absolute Gasteiger partial charge is 0.295 e. The predicted octanol–water partition coefficient (Wildman–Crippen LogP) is 0.979. The van der Waals surface area contributed by atoms with Crippen LogP contribution in [0.1, 0.15) is 41.9 Å². The number of amides is 2. The fourth-order valence-corrected chi connectivity index (χ4v) is 2.23. The Morgan fingerprint density at radius 1 is 1.23 bits per heavy atom. The van der Waals surface area contributed by atoms with Gasteiger partial charge in [-0.2, -0.15) is 10.1 Å². The number of hydrogen-bond donors (Lipinski definition) is 2. The van der Waals surface area contributed by atoms with Crippen LogP contribution in [0, 0.1) is 5.92 Å². The number of rotatable bonds is 6. The van der Waals surface area contributed by atoms with Crippen LogP contribution in [0.15, 0.2) is 24.7 Å². The third-order valence-electron chi connectivity index (χ3n) is 3.54. The zero-order valence-electron chi connectivity index (χ0n) is 14.8. The number of anilines is 1. The molecule has 0 bridgehead atoms. The van der Waals surface area contributed by atoms with Gasteiger partial charge < -0.3 is 10.6 Å². The lowest BCUT2D eigenvalue weighted by Crippen LogP contribution is -2.29. The molecule has 0 aliphatic rings. The van der Waals surface area contributed by atoms with Gasteiger partial charge in [0, 0.05) is 31.7 Å². The number of aromatic nitrogens is 6. The Morgan fingerprint density at radius 3 is 2.73 bits per heavy atom. The monoisotopic (exact) mass is 356 g/mol. The molecule has 3 aromatic heterocycles. The molecule has 0 aliphatic carbocycles. The summed E-state index contributed by atoms with van der Waals surface area (Å²) in [5.74, 6) is -0.298. The van der Waals surface area contributed by atoms with Crippen molar-refractivity contribution in [2.24, 2.45) is 5.92 Å². The minimum Gasteiger partial charge on any atom is -0.350 e. The highest BCUT2D eigenvalue weighted by atomic mass is 16.2. The van der Waals surface area contributed by atoms with E-state index in [2.05, 4.69) is 30.8 Å². The SMILES string of the molecule is CCn1cc(NC(=O)c2nc3ncccn3n2)c(C(=O)NCC(C)C)n1. The van der Waals surface area contributed by atoms with Crippen LogP contribution < -0.4 is 10.6 Å². The number of aryl methyl sites for hydroxylation is 1. The number of carbonyl (C=O) groups excluding carboxylic acids is 2. The van der Waals surface area contributed by atoms with Crippen LogP contribution >= 0.6 is 0 Å². The Bertz CT molecular complexity index is 910. The van der Waals surface area contributed by atoms with E-state index >= 15 is 0 Å². The van der Waals surface area contributed by atoms with Crippen molar-refractivity contribution in [1.82, 2.24) is 34.7 Å². The van der Waals surface area contributed by atoms with Crippen LogP contribution in [0.5, 0.6) is 0 Å². The number of nitrogens with one attached hydrogen (secondary N) is 2. The van der Waals surface area contributed by atoms with Crippen LogP contribution in [0.3, 0.4) is 0 Å². The Kier molecular flexibility index (Phi) is 4.92. The Balaban J connectivity index is 1.82. The summed E-state index contributed by atoms with van der Waals surface area (Å²) in [7, 11) is 0. The second kappa shape index (κ2) is 7.30. The van der Waals surface area contributed by atoms with Crippen molar-refractivity contribution in [3.63, 3.8) is 0 Å². The average Bonchev–Trinajstić information content (AvgIpc) is 3.23. The van der Waals surface area contributed by atoms with Crippen molar-refractivity contribution in [3.05, 3.63) is 36.2 Å². The average molecular weight is 356 g/mol. The second-order valence-corrected chi connectivity index (χ2v) is 6.10. The minimum atomic E-state index is -0.538. The van der Waals surface area contributed by atoms with Gasteiger partial charge in [0.25, 0.3) is 17.6 Å². The third kappa shape index (κ3) is 3.68. The maximum atomic E-state index is 12.5. The molecule has 0 unspecified atom stereocenters. The highest BCUT2D eigenvalue weighted by Gasteiger charge is 2.21. The standard InChI is InChI=1S/C16H20N8O2/c1-4-23-9-11(12(21-23)14(25)18-8-10(2)3)19-15(26)13-20-16-17-6-5-7-24(16)22-13/h5-7,9-10H,4,8H2,1-3H3,(H,18,25)(H,19,26). The van der Waals surface area contributed by atoms with Gasteiger partial charge >= 0.3 is 0 Å². The second-order valence-electron chi connectivity index (χ2n) is 6.10. The van der Waals surface area contributed by atoms with Gasteiger partial charge in [0.05, 0.1) is 5.69 Å². The maximum absolute atomic E-state index is 12.5. The molecule has 10 heteroatoms. The molecule has 0 atom stereocenters. The van der Waals surface area contributed by atoms with E-state index < -0.39 is 5.91 Å². The molecule has 3 heterocycles. The lowest BCUT2D eigenvalue weighted by molar-refractivity contribution is 0.0944. The highest BCUT2D eigenvalue weighted by molar-refractivity contribution is 6.06. The van der Waals surface area contributed by atoms with E-state index in [1.165, 1.54) is 4.52 Å². The van der Waals surface area contributed by atoms with Gasteiger partial charge in [0.1, 0.15) is 0 Å². The maximum Gasteiger partial charge on any atom is 0.295 e. The first-order valence-corrected chi connectivity index (χ1v) is 8.32. The molecule has 2 amide bonds. The topological polar surface area (TPSA) is 119 Å². The van der Waals surface area contributed by atoms with E-state index in [1.54, 1.807) is 29.3 Å². The Hall–Kier alpha value is -3.30. The van der Waals surface area contributed by atoms with Crippen molar-refractivity contribution in [2.45, 2.75) is 27.3 Å². The first-order chi connectivity index (χ1) is 12.5. The van der Waals surface area contributed by atoms with Gasteiger partial charge in [0.15, 0.2) is 5.69 Å².